The normalized spacial score (nSPS) is 15.2. The molecule has 0 unspecified atom stereocenters. The van der Waals surface area contributed by atoms with Crippen LogP contribution < -0.4 is 10.6 Å². The van der Waals surface area contributed by atoms with E-state index < -0.39 is 15.9 Å². The summed E-state index contributed by atoms with van der Waals surface area (Å²) in [6, 6.07) is 10.7. The van der Waals surface area contributed by atoms with Crippen molar-refractivity contribution in [3.05, 3.63) is 58.6 Å². The highest BCUT2D eigenvalue weighted by atomic mass is 35.5. The van der Waals surface area contributed by atoms with Gasteiger partial charge in [-0.15, -0.1) is 0 Å². The molecule has 7 nitrogen and oxygen atoms in total. The van der Waals surface area contributed by atoms with Crippen LogP contribution in [-0.4, -0.2) is 44.2 Å². The molecule has 0 aromatic heterocycles. The fourth-order valence-corrected chi connectivity index (χ4v) is 5.45. The number of benzene rings is 2. The third-order valence-electron chi connectivity index (χ3n) is 5.12. The van der Waals surface area contributed by atoms with Crippen LogP contribution in [-0.2, 0) is 10.0 Å². The van der Waals surface area contributed by atoms with Crippen LogP contribution in [0.2, 0.25) is 5.02 Å². The molecule has 0 atom stereocenters. The summed E-state index contributed by atoms with van der Waals surface area (Å²) in [5, 5.41) is 5.52. The molecule has 2 amide bonds. The molecule has 1 saturated heterocycles. The number of carbonyl (C=O) groups is 2. The predicted molar refractivity (Wildman–Crippen MR) is 121 cm³/mol. The Bertz CT molecular complexity index is 1050. The van der Waals surface area contributed by atoms with E-state index in [4.69, 9.17) is 11.6 Å². The Morgan fingerprint density at radius 2 is 1.55 bits per heavy atom. The molecular weight excluding hydrogens is 438 g/mol. The minimum atomic E-state index is -3.79. The van der Waals surface area contributed by atoms with Crippen LogP contribution in [0.5, 0.6) is 0 Å². The fraction of sp³-hybridized carbons (Fsp3) is 0.364. The van der Waals surface area contributed by atoms with E-state index in [1.807, 2.05) is 6.92 Å². The van der Waals surface area contributed by atoms with Crippen LogP contribution in [0.3, 0.4) is 0 Å². The molecule has 9 heteroatoms. The van der Waals surface area contributed by atoms with Crippen molar-refractivity contribution in [1.82, 2.24) is 9.62 Å². The minimum Gasteiger partial charge on any atom is -0.352 e. The Morgan fingerprint density at radius 1 is 0.935 bits per heavy atom. The van der Waals surface area contributed by atoms with Crippen LogP contribution in [0.1, 0.15) is 53.3 Å². The van der Waals surface area contributed by atoms with E-state index in [0.29, 0.717) is 30.9 Å². The predicted octanol–water partition coefficient (Wildman–Crippen LogP) is 3.91. The first kappa shape index (κ1) is 23.2. The molecule has 0 radical (unpaired) electrons. The highest BCUT2D eigenvalue weighted by Crippen LogP contribution is 2.28. The number of nitrogens with zero attached hydrogens (tertiary/aromatic N) is 1. The van der Waals surface area contributed by atoms with Crippen molar-refractivity contribution < 1.29 is 18.0 Å². The topological polar surface area (TPSA) is 95.6 Å². The number of hydrogen-bond donors (Lipinski definition) is 2. The summed E-state index contributed by atoms with van der Waals surface area (Å²) in [6.07, 6.45) is 3.62. The Hall–Kier alpha value is -2.42. The van der Waals surface area contributed by atoms with Gasteiger partial charge < -0.3 is 10.6 Å². The molecule has 1 heterocycles. The fourth-order valence-electron chi connectivity index (χ4n) is 3.43. The van der Waals surface area contributed by atoms with E-state index >= 15 is 0 Å². The summed E-state index contributed by atoms with van der Waals surface area (Å²) in [5.41, 5.74) is 1.16. The second-order valence-electron chi connectivity index (χ2n) is 7.35. The Labute approximate surface area is 187 Å². The van der Waals surface area contributed by atoms with E-state index in [-0.39, 0.29) is 21.4 Å². The summed E-state index contributed by atoms with van der Waals surface area (Å²) >= 11 is 6.20. The second kappa shape index (κ2) is 10.3. The second-order valence-corrected chi connectivity index (χ2v) is 9.67. The van der Waals surface area contributed by atoms with E-state index in [1.165, 1.54) is 22.5 Å². The Balaban J connectivity index is 1.79. The molecule has 0 bridgehead atoms. The lowest BCUT2D eigenvalue weighted by atomic mass is 10.1. The lowest BCUT2D eigenvalue weighted by Gasteiger charge is -2.21. The molecular formula is C22H26ClN3O4S. The smallest absolute Gasteiger partial charge is 0.255 e. The number of amides is 2. The molecule has 1 fully saturated rings. The highest BCUT2D eigenvalue weighted by Gasteiger charge is 2.28. The van der Waals surface area contributed by atoms with Crippen molar-refractivity contribution in [2.75, 3.05) is 25.0 Å². The maximum atomic E-state index is 13.1. The van der Waals surface area contributed by atoms with E-state index in [1.54, 1.807) is 24.3 Å². The zero-order chi connectivity index (χ0) is 22.4. The van der Waals surface area contributed by atoms with Crippen molar-refractivity contribution in [1.29, 1.82) is 0 Å². The summed E-state index contributed by atoms with van der Waals surface area (Å²) in [7, 11) is -3.79. The van der Waals surface area contributed by atoms with Gasteiger partial charge in [0.05, 0.1) is 5.02 Å². The number of rotatable bonds is 6. The summed E-state index contributed by atoms with van der Waals surface area (Å²) in [6.45, 7) is 3.26. The zero-order valence-electron chi connectivity index (χ0n) is 17.4. The van der Waals surface area contributed by atoms with Crippen LogP contribution in [0.4, 0.5) is 5.69 Å². The first-order valence-electron chi connectivity index (χ1n) is 10.3. The maximum absolute atomic E-state index is 13.1. The van der Waals surface area contributed by atoms with Crippen molar-refractivity contribution in [3.63, 3.8) is 0 Å². The van der Waals surface area contributed by atoms with Crippen molar-refractivity contribution >= 4 is 39.1 Å². The number of halogens is 1. The summed E-state index contributed by atoms with van der Waals surface area (Å²) in [4.78, 5) is 24.5. The van der Waals surface area contributed by atoms with Gasteiger partial charge in [0.2, 0.25) is 10.0 Å². The molecule has 0 spiro atoms. The standard InChI is InChI=1S/C22H26ClN3O4S/c1-2-24-21(27)16-7-10-18(11-8-16)25-22(28)17-9-12-19(23)20(15-17)31(29,30)26-13-5-3-4-6-14-26/h7-12,15H,2-6,13-14H2,1H3,(H,24,27)(H,25,28). The van der Waals surface area contributed by atoms with Gasteiger partial charge >= 0.3 is 0 Å². The Morgan fingerprint density at radius 3 is 2.16 bits per heavy atom. The third kappa shape index (κ3) is 5.64. The van der Waals surface area contributed by atoms with Crippen molar-refractivity contribution in [3.8, 4) is 0 Å². The molecule has 3 rings (SSSR count). The van der Waals surface area contributed by atoms with E-state index in [0.717, 1.165) is 25.7 Å². The molecule has 166 valence electrons. The molecule has 2 aromatic rings. The van der Waals surface area contributed by atoms with Gasteiger partial charge in [0.1, 0.15) is 4.90 Å². The van der Waals surface area contributed by atoms with Gasteiger partial charge in [-0.3, -0.25) is 9.59 Å². The van der Waals surface area contributed by atoms with E-state index in [2.05, 4.69) is 10.6 Å². The summed E-state index contributed by atoms with van der Waals surface area (Å²) in [5.74, 6) is -0.656. The van der Waals surface area contributed by atoms with Crippen LogP contribution >= 0.6 is 11.6 Å². The first-order chi connectivity index (χ1) is 14.8. The minimum absolute atomic E-state index is 0.0599. The van der Waals surface area contributed by atoms with Crippen molar-refractivity contribution in [2.45, 2.75) is 37.5 Å². The van der Waals surface area contributed by atoms with Crippen LogP contribution in [0, 0.1) is 0 Å². The highest BCUT2D eigenvalue weighted by molar-refractivity contribution is 7.89. The SMILES string of the molecule is CCNC(=O)c1ccc(NC(=O)c2ccc(Cl)c(S(=O)(=O)N3CCCCCC3)c2)cc1. The maximum Gasteiger partial charge on any atom is 0.255 e. The van der Waals surface area contributed by atoms with Crippen molar-refractivity contribution in [2.24, 2.45) is 0 Å². The quantitative estimate of drug-likeness (QED) is 0.678. The third-order valence-corrected chi connectivity index (χ3v) is 7.50. The Kier molecular flexibility index (Phi) is 7.69. The molecule has 0 saturated carbocycles. The van der Waals surface area contributed by atoms with Crippen LogP contribution in [0.25, 0.3) is 0 Å². The largest absolute Gasteiger partial charge is 0.352 e. The van der Waals surface area contributed by atoms with Gasteiger partial charge in [-0.1, -0.05) is 24.4 Å². The lowest BCUT2D eigenvalue weighted by molar-refractivity contribution is 0.0955. The van der Waals surface area contributed by atoms with Gasteiger partial charge in [0, 0.05) is 36.4 Å². The molecule has 1 aliphatic heterocycles. The summed E-state index contributed by atoms with van der Waals surface area (Å²) < 4.78 is 27.7. The number of carbonyl (C=O) groups excluding carboxylic acids is 2. The van der Waals surface area contributed by atoms with Gasteiger partial charge in [-0.25, -0.2) is 8.42 Å². The molecule has 0 aliphatic carbocycles. The van der Waals surface area contributed by atoms with Gasteiger partial charge in [0.25, 0.3) is 11.8 Å². The number of anilines is 1. The van der Waals surface area contributed by atoms with Gasteiger partial charge in [0.15, 0.2) is 0 Å². The van der Waals surface area contributed by atoms with Gasteiger partial charge in [-0.2, -0.15) is 4.31 Å². The van der Waals surface area contributed by atoms with Crippen LogP contribution in [0.15, 0.2) is 47.4 Å². The molecule has 1 aliphatic rings. The molecule has 31 heavy (non-hydrogen) atoms. The molecule has 2 N–H and O–H groups in total. The molecule has 2 aromatic carbocycles. The zero-order valence-corrected chi connectivity index (χ0v) is 18.9. The lowest BCUT2D eigenvalue weighted by Crippen LogP contribution is -2.32. The average Bonchev–Trinajstić information content (AvgIpc) is 3.05. The van der Waals surface area contributed by atoms with Gasteiger partial charge in [-0.05, 0) is 62.2 Å². The average molecular weight is 464 g/mol. The number of hydrogen-bond acceptors (Lipinski definition) is 4. The van der Waals surface area contributed by atoms with E-state index in [9.17, 15) is 18.0 Å². The number of sulfonamides is 1. The monoisotopic (exact) mass is 463 g/mol. The number of nitrogens with one attached hydrogen (secondary N) is 2. The first-order valence-corrected chi connectivity index (χ1v) is 12.1.